The average molecular weight is 307 g/mol. The Bertz CT molecular complexity index is 544. The molecule has 1 aromatic rings. The van der Waals surface area contributed by atoms with E-state index >= 15 is 0 Å². The van der Waals surface area contributed by atoms with Crippen molar-refractivity contribution in [2.45, 2.75) is 59.7 Å². The second kappa shape index (κ2) is 7.29. The lowest BCUT2D eigenvalue weighted by Gasteiger charge is -2.32. The number of hydrogen-bond acceptors (Lipinski definition) is 4. The molecule has 0 bridgehead atoms. The number of rotatable bonds is 5. The minimum absolute atomic E-state index is 0.0152. The molecule has 0 spiro atoms. The van der Waals surface area contributed by atoms with E-state index in [-0.39, 0.29) is 29.3 Å². The Labute approximate surface area is 131 Å². The topological polar surface area (TPSA) is 66.8 Å². The Morgan fingerprint density at radius 3 is 2.09 bits per heavy atom. The second-order valence-electron chi connectivity index (χ2n) is 6.00. The Morgan fingerprint density at radius 2 is 1.64 bits per heavy atom. The number of esters is 1. The molecule has 0 saturated carbocycles. The van der Waals surface area contributed by atoms with Crippen LogP contribution < -0.4 is 0 Å². The van der Waals surface area contributed by atoms with Gasteiger partial charge >= 0.3 is 5.97 Å². The fourth-order valence-electron chi connectivity index (χ4n) is 2.40. The van der Waals surface area contributed by atoms with Crippen molar-refractivity contribution in [2.75, 3.05) is 0 Å². The third-order valence-electron chi connectivity index (χ3n) is 3.37. The maximum atomic E-state index is 12.4. The van der Waals surface area contributed by atoms with E-state index in [1.54, 1.807) is 17.9 Å². The SMILES string of the molecule is Cc1ccc(C(=O)O[C@H](C)C(=O)N(C(C)C)C(C)C)c(O)c1. The number of amides is 1. The van der Waals surface area contributed by atoms with Gasteiger partial charge in [-0.25, -0.2) is 4.79 Å². The summed E-state index contributed by atoms with van der Waals surface area (Å²) in [5, 5.41) is 9.80. The number of carbonyl (C=O) groups excluding carboxylic acids is 2. The minimum atomic E-state index is -0.905. The van der Waals surface area contributed by atoms with Crippen molar-refractivity contribution < 1.29 is 19.4 Å². The summed E-state index contributed by atoms with van der Waals surface area (Å²) in [7, 11) is 0. The highest BCUT2D eigenvalue weighted by Crippen LogP contribution is 2.20. The molecule has 5 nitrogen and oxygen atoms in total. The van der Waals surface area contributed by atoms with Gasteiger partial charge in [-0.3, -0.25) is 4.79 Å². The molecule has 1 N–H and O–H groups in total. The summed E-state index contributed by atoms with van der Waals surface area (Å²) in [5.41, 5.74) is 0.898. The van der Waals surface area contributed by atoms with Crippen LogP contribution in [0.4, 0.5) is 0 Å². The number of nitrogens with zero attached hydrogens (tertiary/aromatic N) is 1. The quantitative estimate of drug-likeness (QED) is 0.849. The maximum Gasteiger partial charge on any atom is 0.342 e. The Kier molecular flexibility index (Phi) is 5.97. The summed E-state index contributed by atoms with van der Waals surface area (Å²) < 4.78 is 5.21. The van der Waals surface area contributed by atoms with Gasteiger partial charge in [0.1, 0.15) is 11.3 Å². The van der Waals surface area contributed by atoms with Crippen molar-refractivity contribution in [1.82, 2.24) is 4.90 Å². The van der Waals surface area contributed by atoms with E-state index in [0.717, 1.165) is 5.56 Å². The molecule has 0 fully saturated rings. The van der Waals surface area contributed by atoms with Crippen molar-refractivity contribution in [3.05, 3.63) is 29.3 Å². The van der Waals surface area contributed by atoms with E-state index in [0.29, 0.717) is 0 Å². The van der Waals surface area contributed by atoms with Gasteiger partial charge in [-0.15, -0.1) is 0 Å². The molecule has 0 aliphatic carbocycles. The van der Waals surface area contributed by atoms with E-state index in [9.17, 15) is 14.7 Å². The normalized spacial score (nSPS) is 12.4. The van der Waals surface area contributed by atoms with E-state index < -0.39 is 12.1 Å². The lowest BCUT2D eigenvalue weighted by atomic mass is 10.1. The molecule has 0 aromatic heterocycles. The number of phenolic OH excluding ortho intramolecular Hbond substituents is 1. The lowest BCUT2D eigenvalue weighted by Crippen LogP contribution is -2.47. The first-order valence-electron chi connectivity index (χ1n) is 7.48. The van der Waals surface area contributed by atoms with Crippen molar-refractivity contribution in [2.24, 2.45) is 0 Å². The summed E-state index contributed by atoms with van der Waals surface area (Å²) >= 11 is 0. The molecule has 22 heavy (non-hydrogen) atoms. The number of hydrogen-bond donors (Lipinski definition) is 1. The first-order valence-corrected chi connectivity index (χ1v) is 7.48. The zero-order chi connectivity index (χ0) is 17.0. The van der Waals surface area contributed by atoms with Crippen LogP contribution in [0.2, 0.25) is 0 Å². The van der Waals surface area contributed by atoms with Gasteiger partial charge in [0.15, 0.2) is 6.10 Å². The first kappa shape index (κ1) is 18.0. The number of carbonyl (C=O) groups is 2. The molecule has 0 saturated heterocycles. The molecule has 122 valence electrons. The van der Waals surface area contributed by atoms with Crippen molar-refractivity contribution in [3.8, 4) is 5.75 Å². The predicted molar refractivity (Wildman–Crippen MR) is 84.8 cm³/mol. The molecule has 0 radical (unpaired) electrons. The number of ether oxygens (including phenoxy) is 1. The van der Waals surface area contributed by atoms with Gasteiger partial charge in [0.05, 0.1) is 0 Å². The van der Waals surface area contributed by atoms with Gasteiger partial charge in [-0.1, -0.05) is 6.07 Å². The van der Waals surface area contributed by atoms with E-state index in [4.69, 9.17) is 4.74 Å². The second-order valence-corrected chi connectivity index (χ2v) is 6.00. The van der Waals surface area contributed by atoms with Gasteiger partial charge in [0, 0.05) is 12.1 Å². The third kappa shape index (κ3) is 4.23. The van der Waals surface area contributed by atoms with E-state index in [2.05, 4.69) is 0 Å². The summed E-state index contributed by atoms with van der Waals surface area (Å²) in [6.07, 6.45) is -0.905. The van der Waals surface area contributed by atoms with E-state index in [1.807, 2.05) is 34.6 Å². The molecule has 1 aromatic carbocycles. The average Bonchev–Trinajstić information content (AvgIpc) is 2.37. The minimum Gasteiger partial charge on any atom is -0.507 e. The van der Waals surface area contributed by atoms with Crippen molar-refractivity contribution in [1.29, 1.82) is 0 Å². The zero-order valence-corrected chi connectivity index (χ0v) is 14.1. The highest BCUT2D eigenvalue weighted by Gasteiger charge is 2.28. The van der Waals surface area contributed by atoms with Crippen LogP contribution in [0.5, 0.6) is 5.75 Å². The van der Waals surface area contributed by atoms with Crippen LogP contribution in [-0.2, 0) is 9.53 Å². The van der Waals surface area contributed by atoms with Crippen LogP contribution in [0, 0.1) is 6.92 Å². The molecule has 1 rings (SSSR count). The Hall–Kier alpha value is -2.04. The van der Waals surface area contributed by atoms with Crippen LogP contribution in [0.1, 0.15) is 50.5 Å². The smallest absolute Gasteiger partial charge is 0.342 e. The van der Waals surface area contributed by atoms with Crippen molar-refractivity contribution in [3.63, 3.8) is 0 Å². The van der Waals surface area contributed by atoms with Gasteiger partial charge in [-0.2, -0.15) is 0 Å². The highest BCUT2D eigenvalue weighted by atomic mass is 16.5. The van der Waals surface area contributed by atoms with Gasteiger partial charge in [0.25, 0.3) is 5.91 Å². The maximum absolute atomic E-state index is 12.4. The van der Waals surface area contributed by atoms with E-state index in [1.165, 1.54) is 12.1 Å². The number of phenols is 1. The molecule has 0 aliphatic heterocycles. The van der Waals surface area contributed by atoms with Gasteiger partial charge < -0.3 is 14.7 Å². The summed E-state index contributed by atoms with van der Waals surface area (Å²) in [4.78, 5) is 26.2. The zero-order valence-electron chi connectivity index (χ0n) is 14.1. The van der Waals surface area contributed by atoms with Crippen LogP contribution in [0.15, 0.2) is 18.2 Å². The summed E-state index contributed by atoms with van der Waals surface area (Å²) in [5.74, 6) is -1.09. The summed E-state index contributed by atoms with van der Waals surface area (Å²) in [6, 6.07) is 4.71. The monoisotopic (exact) mass is 307 g/mol. The summed E-state index contributed by atoms with van der Waals surface area (Å²) in [6.45, 7) is 11.0. The molecule has 1 amide bonds. The van der Waals surface area contributed by atoms with Gasteiger partial charge in [-0.05, 0) is 59.2 Å². The molecule has 1 atom stereocenters. The van der Waals surface area contributed by atoms with Crippen LogP contribution in [0.3, 0.4) is 0 Å². The van der Waals surface area contributed by atoms with Gasteiger partial charge in [0.2, 0.25) is 0 Å². The third-order valence-corrected chi connectivity index (χ3v) is 3.37. The predicted octanol–water partition coefficient (Wildman–Crippen LogP) is 2.89. The standard InChI is InChI=1S/C17H25NO4/c1-10(2)18(11(3)4)16(20)13(6)22-17(21)14-8-7-12(5)9-15(14)19/h7-11,13,19H,1-6H3/t13-/m1/s1. The number of aromatic hydroxyl groups is 1. The largest absolute Gasteiger partial charge is 0.507 e. The van der Waals surface area contributed by atoms with Crippen LogP contribution >= 0.6 is 0 Å². The molecule has 0 unspecified atom stereocenters. The van der Waals surface area contributed by atoms with Crippen molar-refractivity contribution >= 4 is 11.9 Å². The van der Waals surface area contributed by atoms with Crippen LogP contribution in [-0.4, -0.2) is 40.1 Å². The first-order chi connectivity index (χ1) is 10.1. The Morgan fingerprint density at radius 1 is 1.09 bits per heavy atom. The molecular formula is C17H25NO4. The van der Waals surface area contributed by atoms with Crippen LogP contribution in [0.25, 0.3) is 0 Å². The number of aryl methyl sites for hydroxylation is 1. The molecule has 5 heteroatoms. The highest BCUT2D eigenvalue weighted by molar-refractivity contribution is 5.94. The number of benzene rings is 1. The fraction of sp³-hybridized carbons (Fsp3) is 0.529. The lowest BCUT2D eigenvalue weighted by molar-refractivity contribution is -0.143. The fourth-order valence-corrected chi connectivity index (χ4v) is 2.40. The molecule has 0 aliphatic rings. The molecule has 0 heterocycles. The Balaban J connectivity index is 2.85. The molecular weight excluding hydrogens is 282 g/mol.